The van der Waals surface area contributed by atoms with Gasteiger partial charge in [-0.3, -0.25) is 9.20 Å². The van der Waals surface area contributed by atoms with Gasteiger partial charge in [-0.15, -0.1) is 22.7 Å². The van der Waals surface area contributed by atoms with Crippen LogP contribution in [0.2, 0.25) is 0 Å². The molecule has 26 heavy (non-hydrogen) atoms. The van der Waals surface area contributed by atoms with Crippen molar-refractivity contribution in [1.29, 1.82) is 0 Å². The first-order chi connectivity index (χ1) is 12.6. The summed E-state index contributed by atoms with van der Waals surface area (Å²) in [4.78, 5) is 22.4. The number of aromatic nitrogens is 3. The Labute approximate surface area is 159 Å². The van der Waals surface area contributed by atoms with Crippen LogP contribution in [0.3, 0.4) is 0 Å². The Kier molecular flexibility index (Phi) is 4.57. The summed E-state index contributed by atoms with van der Waals surface area (Å²) in [6.07, 6.45) is 2.28. The van der Waals surface area contributed by atoms with Gasteiger partial charge in [0.1, 0.15) is 0 Å². The van der Waals surface area contributed by atoms with Crippen molar-refractivity contribution in [3.05, 3.63) is 58.7 Å². The minimum absolute atomic E-state index is 0.0654. The third-order valence-electron chi connectivity index (χ3n) is 4.05. The second kappa shape index (κ2) is 7.01. The van der Waals surface area contributed by atoms with Crippen LogP contribution >= 0.6 is 22.7 Å². The lowest BCUT2D eigenvalue weighted by Crippen LogP contribution is -2.15. The van der Waals surface area contributed by atoms with Crippen LogP contribution in [0, 0.1) is 0 Å². The molecule has 132 valence electrons. The van der Waals surface area contributed by atoms with Crippen LogP contribution < -0.4 is 5.32 Å². The van der Waals surface area contributed by atoms with Gasteiger partial charge in [-0.2, -0.15) is 0 Å². The maximum absolute atomic E-state index is 12.4. The number of imidazole rings is 1. The smallest absolute Gasteiger partial charge is 0.232 e. The van der Waals surface area contributed by atoms with Crippen LogP contribution in [0.1, 0.15) is 31.2 Å². The summed E-state index contributed by atoms with van der Waals surface area (Å²) < 4.78 is 1.99. The predicted molar refractivity (Wildman–Crippen MR) is 107 cm³/mol. The maximum atomic E-state index is 12.4. The van der Waals surface area contributed by atoms with Gasteiger partial charge in [-0.25, -0.2) is 9.97 Å². The van der Waals surface area contributed by atoms with Crippen LogP contribution in [0.5, 0.6) is 0 Å². The highest BCUT2D eigenvalue weighted by atomic mass is 32.1. The van der Waals surface area contributed by atoms with E-state index in [2.05, 4.69) is 29.1 Å². The van der Waals surface area contributed by atoms with Gasteiger partial charge in [0, 0.05) is 28.2 Å². The molecule has 1 amide bonds. The van der Waals surface area contributed by atoms with Crippen LogP contribution in [0.15, 0.2) is 47.3 Å². The zero-order valence-corrected chi connectivity index (χ0v) is 16.1. The number of benzene rings is 1. The number of carbonyl (C=O) groups is 1. The van der Waals surface area contributed by atoms with E-state index in [1.54, 1.807) is 11.3 Å². The zero-order valence-electron chi connectivity index (χ0n) is 14.5. The normalized spacial score (nSPS) is 11.3. The van der Waals surface area contributed by atoms with E-state index >= 15 is 0 Å². The standard InChI is InChI=1S/C19H18N4OS2/c1-12(2)16-11-25-18(20-16)22-17(24)8-14-10-26-19-21-15(9-23(14)19)13-6-4-3-5-7-13/h3-7,9-12H,8H2,1-2H3,(H,20,22,24). The number of amides is 1. The lowest BCUT2D eigenvalue weighted by Gasteiger charge is -2.02. The molecule has 7 heteroatoms. The van der Waals surface area contributed by atoms with Gasteiger partial charge in [0.25, 0.3) is 0 Å². The first-order valence-electron chi connectivity index (χ1n) is 8.36. The van der Waals surface area contributed by atoms with Gasteiger partial charge >= 0.3 is 0 Å². The molecule has 0 aliphatic rings. The summed E-state index contributed by atoms with van der Waals surface area (Å²) >= 11 is 3.01. The van der Waals surface area contributed by atoms with Gasteiger partial charge in [0.05, 0.1) is 17.8 Å². The third kappa shape index (κ3) is 3.40. The van der Waals surface area contributed by atoms with Gasteiger partial charge in [-0.05, 0) is 5.92 Å². The van der Waals surface area contributed by atoms with E-state index in [4.69, 9.17) is 0 Å². The summed E-state index contributed by atoms with van der Waals surface area (Å²) in [7, 11) is 0. The average Bonchev–Trinajstić information content (AvgIpc) is 3.33. The van der Waals surface area contributed by atoms with E-state index in [9.17, 15) is 4.79 Å². The van der Waals surface area contributed by atoms with E-state index in [-0.39, 0.29) is 5.91 Å². The molecule has 0 aliphatic carbocycles. The summed E-state index contributed by atoms with van der Waals surface area (Å²) in [6, 6.07) is 10.1. The number of nitrogens with zero attached hydrogens (tertiary/aromatic N) is 3. The van der Waals surface area contributed by atoms with Gasteiger partial charge in [0.15, 0.2) is 10.1 Å². The Morgan fingerprint density at radius 2 is 1.96 bits per heavy atom. The summed E-state index contributed by atoms with van der Waals surface area (Å²) in [5, 5.41) is 7.53. The topological polar surface area (TPSA) is 59.3 Å². The molecule has 3 aromatic heterocycles. The molecule has 4 rings (SSSR count). The number of fused-ring (bicyclic) bond motifs is 1. The van der Waals surface area contributed by atoms with E-state index in [1.165, 1.54) is 11.3 Å². The molecule has 1 aromatic carbocycles. The number of anilines is 1. The molecule has 5 nitrogen and oxygen atoms in total. The fraction of sp³-hybridized carbons (Fsp3) is 0.211. The molecule has 0 fully saturated rings. The minimum Gasteiger partial charge on any atom is -0.302 e. The van der Waals surface area contributed by atoms with Crippen molar-refractivity contribution < 1.29 is 4.79 Å². The van der Waals surface area contributed by atoms with Crippen molar-refractivity contribution in [2.45, 2.75) is 26.2 Å². The first-order valence-corrected chi connectivity index (χ1v) is 10.1. The Morgan fingerprint density at radius 3 is 2.69 bits per heavy atom. The van der Waals surface area contributed by atoms with Crippen molar-refractivity contribution in [1.82, 2.24) is 14.4 Å². The number of rotatable bonds is 5. The molecule has 0 aliphatic heterocycles. The van der Waals surface area contributed by atoms with Crippen LogP contribution in [0.25, 0.3) is 16.2 Å². The molecule has 3 heterocycles. The molecule has 1 N–H and O–H groups in total. The molecular weight excluding hydrogens is 364 g/mol. The summed E-state index contributed by atoms with van der Waals surface area (Å²) in [6.45, 7) is 4.18. The monoisotopic (exact) mass is 382 g/mol. The van der Waals surface area contributed by atoms with E-state index < -0.39 is 0 Å². The molecule has 0 unspecified atom stereocenters. The largest absolute Gasteiger partial charge is 0.302 e. The number of hydrogen-bond donors (Lipinski definition) is 1. The average molecular weight is 383 g/mol. The molecule has 0 atom stereocenters. The number of thiazole rings is 2. The summed E-state index contributed by atoms with van der Waals surface area (Å²) in [5.74, 6) is 0.292. The van der Waals surface area contributed by atoms with Crippen LogP contribution in [-0.2, 0) is 11.2 Å². The van der Waals surface area contributed by atoms with E-state index in [1.807, 2.05) is 51.7 Å². The fourth-order valence-corrected chi connectivity index (χ4v) is 4.40. The lowest BCUT2D eigenvalue weighted by atomic mass is 10.2. The zero-order chi connectivity index (χ0) is 18.1. The van der Waals surface area contributed by atoms with E-state index in [0.29, 0.717) is 17.5 Å². The van der Waals surface area contributed by atoms with Crippen molar-refractivity contribution >= 4 is 38.7 Å². The van der Waals surface area contributed by atoms with Gasteiger partial charge in [-0.1, -0.05) is 44.2 Å². The highest BCUT2D eigenvalue weighted by Gasteiger charge is 2.14. The Balaban J connectivity index is 1.51. The number of nitrogens with one attached hydrogen (secondary N) is 1. The quantitative estimate of drug-likeness (QED) is 0.538. The molecule has 0 bridgehead atoms. The summed E-state index contributed by atoms with van der Waals surface area (Å²) in [5.41, 5.74) is 3.92. The van der Waals surface area contributed by atoms with Crippen LogP contribution in [-0.4, -0.2) is 20.3 Å². The Morgan fingerprint density at radius 1 is 1.15 bits per heavy atom. The lowest BCUT2D eigenvalue weighted by molar-refractivity contribution is -0.115. The molecule has 0 saturated carbocycles. The molecule has 0 spiro atoms. The molecule has 0 saturated heterocycles. The van der Waals surface area contributed by atoms with E-state index in [0.717, 1.165) is 27.6 Å². The van der Waals surface area contributed by atoms with Crippen molar-refractivity contribution in [2.24, 2.45) is 0 Å². The van der Waals surface area contributed by atoms with Crippen LogP contribution in [0.4, 0.5) is 5.13 Å². The van der Waals surface area contributed by atoms with Crippen molar-refractivity contribution in [3.63, 3.8) is 0 Å². The van der Waals surface area contributed by atoms with Crippen molar-refractivity contribution in [3.8, 4) is 11.3 Å². The predicted octanol–water partition coefficient (Wildman–Crippen LogP) is 4.82. The van der Waals surface area contributed by atoms with Crippen molar-refractivity contribution in [2.75, 3.05) is 5.32 Å². The third-order valence-corrected chi connectivity index (χ3v) is 5.72. The van der Waals surface area contributed by atoms with Gasteiger partial charge in [0.2, 0.25) is 5.91 Å². The molecule has 4 aromatic rings. The SMILES string of the molecule is CC(C)c1csc(NC(=O)Cc2csc3nc(-c4ccccc4)cn23)n1. The Hall–Kier alpha value is -2.51. The second-order valence-corrected chi connectivity index (χ2v) is 8.02. The second-order valence-electron chi connectivity index (χ2n) is 6.33. The number of hydrogen-bond acceptors (Lipinski definition) is 5. The highest BCUT2D eigenvalue weighted by molar-refractivity contribution is 7.15. The maximum Gasteiger partial charge on any atom is 0.232 e. The fourth-order valence-electron chi connectivity index (χ4n) is 2.64. The number of carbonyl (C=O) groups excluding carboxylic acids is 1. The van der Waals surface area contributed by atoms with Gasteiger partial charge < -0.3 is 5.32 Å². The minimum atomic E-state index is -0.0654. The Bertz CT molecular complexity index is 1050. The molecule has 0 radical (unpaired) electrons. The highest BCUT2D eigenvalue weighted by Crippen LogP contribution is 2.25. The molecular formula is C19H18N4OS2. The first kappa shape index (κ1) is 16.9.